The highest BCUT2D eigenvalue weighted by Gasteiger charge is 2.35. The Kier molecular flexibility index (Phi) is 3.45. The van der Waals surface area contributed by atoms with Crippen molar-refractivity contribution in [3.05, 3.63) is 0 Å². The molecule has 0 amide bonds. The maximum absolute atomic E-state index is 5.85. The molecule has 0 radical (unpaired) electrons. The van der Waals surface area contributed by atoms with Gasteiger partial charge >= 0.3 is 0 Å². The van der Waals surface area contributed by atoms with Crippen molar-refractivity contribution < 1.29 is 0 Å². The van der Waals surface area contributed by atoms with E-state index in [9.17, 15) is 0 Å². The summed E-state index contributed by atoms with van der Waals surface area (Å²) in [6.07, 6.45) is 8.47. The topological polar surface area (TPSA) is 29.3 Å². The number of hydrogen-bond donors (Lipinski definition) is 1. The molecule has 0 aliphatic heterocycles. The molecule has 0 saturated heterocycles. The molecule has 0 heterocycles. The van der Waals surface area contributed by atoms with Crippen molar-refractivity contribution in [1.29, 1.82) is 0 Å². The molecule has 14 heavy (non-hydrogen) atoms. The van der Waals surface area contributed by atoms with Crippen molar-refractivity contribution in [3.63, 3.8) is 0 Å². The summed E-state index contributed by atoms with van der Waals surface area (Å²) in [4.78, 5) is 2.74. The lowest BCUT2D eigenvalue weighted by Gasteiger charge is -2.42. The molecule has 2 aliphatic carbocycles. The number of hydrogen-bond acceptors (Lipinski definition) is 2. The Morgan fingerprint density at radius 2 is 1.86 bits per heavy atom. The molecule has 2 nitrogen and oxygen atoms in total. The van der Waals surface area contributed by atoms with Gasteiger partial charge < -0.3 is 5.73 Å². The van der Waals surface area contributed by atoms with Crippen molar-refractivity contribution in [2.75, 3.05) is 13.1 Å². The number of nitrogens with two attached hydrogens (primary N) is 1. The van der Waals surface area contributed by atoms with Crippen LogP contribution in [0, 0.1) is 5.92 Å². The lowest BCUT2D eigenvalue weighted by Crippen LogP contribution is -2.49. The maximum Gasteiger partial charge on any atom is 0.0138 e. The number of nitrogens with zero attached hydrogens (tertiary/aromatic N) is 1. The summed E-state index contributed by atoms with van der Waals surface area (Å²) in [7, 11) is 0. The van der Waals surface area contributed by atoms with E-state index in [0.29, 0.717) is 0 Å². The van der Waals surface area contributed by atoms with Crippen molar-refractivity contribution in [3.8, 4) is 0 Å². The van der Waals surface area contributed by atoms with E-state index in [0.717, 1.165) is 24.5 Å². The van der Waals surface area contributed by atoms with Crippen LogP contribution in [0.4, 0.5) is 0 Å². The third-order valence-corrected chi connectivity index (χ3v) is 4.26. The second-order valence-electron chi connectivity index (χ2n) is 4.91. The monoisotopic (exact) mass is 196 g/mol. The minimum Gasteiger partial charge on any atom is -0.330 e. The van der Waals surface area contributed by atoms with Gasteiger partial charge in [-0.05, 0) is 44.7 Å². The van der Waals surface area contributed by atoms with Gasteiger partial charge in [-0.1, -0.05) is 19.8 Å². The highest BCUT2D eigenvalue weighted by atomic mass is 15.2. The molecule has 2 rings (SSSR count). The summed E-state index contributed by atoms with van der Waals surface area (Å²) in [5.41, 5.74) is 5.85. The van der Waals surface area contributed by atoms with Crippen LogP contribution in [0.1, 0.15) is 45.4 Å². The maximum atomic E-state index is 5.85. The minimum atomic E-state index is 0.788. The van der Waals surface area contributed by atoms with Crippen LogP contribution in [0.5, 0.6) is 0 Å². The molecule has 0 spiro atoms. The van der Waals surface area contributed by atoms with Gasteiger partial charge in [-0.2, -0.15) is 0 Å². The summed E-state index contributed by atoms with van der Waals surface area (Å²) in [5, 5.41) is 0. The highest BCUT2D eigenvalue weighted by Crippen LogP contribution is 2.35. The zero-order valence-electron chi connectivity index (χ0n) is 9.41. The molecule has 0 aromatic carbocycles. The second kappa shape index (κ2) is 4.63. The van der Waals surface area contributed by atoms with E-state index in [4.69, 9.17) is 5.73 Å². The van der Waals surface area contributed by atoms with Crippen LogP contribution < -0.4 is 5.73 Å². The van der Waals surface area contributed by atoms with Crippen LogP contribution in [0.15, 0.2) is 0 Å². The number of rotatable bonds is 4. The van der Waals surface area contributed by atoms with Crippen LogP contribution >= 0.6 is 0 Å². The van der Waals surface area contributed by atoms with Gasteiger partial charge in [-0.25, -0.2) is 0 Å². The van der Waals surface area contributed by atoms with Crippen LogP contribution in [0.2, 0.25) is 0 Å². The Bertz CT molecular complexity index is 177. The van der Waals surface area contributed by atoms with Gasteiger partial charge in [0.1, 0.15) is 0 Å². The minimum absolute atomic E-state index is 0.788. The van der Waals surface area contributed by atoms with E-state index in [1.54, 1.807) is 0 Å². The lowest BCUT2D eigenvalue weighted by molar-refractivity contribution is 0.0673. The normalized spacial score (nSPS) is 33.6. The van der Waals surface area contributed by atoms with Crippen LogP contribution in [0.25, 0.3) is 0 Å². The third kappa shape index (κ3) is 1.82. The molecule has 2 aliphatic rings. The van der Waals surface area contributed by atoms with Crippen LogP contribution in [0.3, 0.4) is 0 Å². The largest absolute Gasteiger partial charge is 0.330 e. The molecule has 2 heteroatoms. The standard InChI is InChI=1S/C12H24N2/c1-2-14(11-6-4-7-11)12-8-3-5-10(12)9-13/h10-12H,2-9,13H2,1H3. The van der Waals surface area contributed by atoms with Crippen LogP contribution in [-0.4, -0.2) is 30.1 Å². The van der Waals surface area contributed by atoms with E-state index in [2.05, 4.69) is 11.8 Å². The van der Waals surface area contributed by atoms with E-state index >= 15 is 0 Å². The molecule has 82 valence electrons. The highest BCUT2D eigenvalue weighted by molar-refractivity contribution is 4.91. The Labute approximate surface area is 87.8 Å². The smallest absolute Gasteiger partial charge is 0.0138 e. The molecule has 2 saturated carbocycles. The van der Waals surface area contributed by atoms with E-state index in [-0.39, 0.29) is 0 Å². The van der Waals surface area contributed by atoms with Gasteiger partial charge in [-0.15, -0.1) is 0 Å². The average Bonchev–Trinajstić information content (AvgIpc) is 2.58. The first-order chi connectivity index (χ1) is 6.86. The molecule has 2 unspecified atom stereocenters. The summed E-state index contributed by atoms with van der Waals surface area (Å²) < 4.78 is 0. The average molecular weight is 196 g/mol. The fourth-order valence-corrected chi connectivity index (χ4v) is 3.21. The predicted molar refractivity (Wildman–Crippen MR) is 60.2 cm³/mol. The second-order valence-corrected chi connectivity index (χ2v) is 4.91. The van der Waals surface area contributed by atoms with Gasteiger partial charge in [0.25, 0.3) is 0 Å². The third-order valence-electron chi connectivity index (χ3n) is 4.26. The molecule has 2 N–H and O–H groups in total. The lowest BCUT2D eigenvalue weighted by atomic mass is 9.88. The van der Waals surface area contributed by atoms with Gasteiger partial charge in [0.05, 0.1) is 0 Å². The Morgan fingerprint density at radius 3 is 2.36 bits per heavy atom. The summed E-state index contributed by atoms with van der Waals surface area (Å²) in [5.74, 6) is 0.788. The van der Waals surface area contributed by atoms with Crippen molar-refractivity contribution in [1.82, 2.24) is 4.90 Å². The Balaban J connectivity index is 1.95. The van der Waals surface area contributed by atoms with Crippen molar-refractivity contribution in [2.45, 2.75) is 57.5 Å². The van der Waals surface area contributed by atoms with E-state index in [1.807, 2.05) is 0 Å². The molecule has 2 atom stereocenters. The molecule has 0 bridgehead atoms. The summed E-state index contributed by atoms with van der Waals surface area (Å²) >= 11 is 0. The first-order valence-corrected chi connectivity index (χ1v) is 6.32. The van der Waals surface area contributed by atoms with E-state index in [1.165, 1.54) is 45.1 Å². The van der Waals surface area contributed by atoms with Crippen molar-refractivity contribution in [2.24, 2.45) is 11.7 Å². The van der Waals surface area contributed by atoms with Gasteiger partial charge in [-0.3, -0.25) is 4.90 Å². The van der Waals surface area contributed by atoms with Crippen LogP contribution in [-0.2, 0) is 0 Å². The summed E-state index contributed by atoms with van der Waals surface area (Å²) in [6, 6.07) is 1.72. The zero-order valence-corrected chi connectivity index (χ0v) is 9.41. The Morgan fingerprint density at radius 1 is 1.14 bits per heavy atom. The van der Waals surface area contributed by atoms with Gasteiger partial charge in [0, 0.05) is 12.1 Å². The predicted octanol–water partition coefficient (Wildman–Crippen LogP) is 1.99. The zero-order chi connectivity index (χ0) is 9.97. The molecular weight excluding hydrogens is 172 g/mol. The van der Waals surface area contributed by atoms with Gasteiger partial charge in [0.2, 0.25) is 0 Å². The molecule has 0 aromatic rings. The fourth-order valence-electron chi connectivity index (χ4n) is 3.21. The fraction of sp³-hybridized carbons (Fsp3) is 1.00. The SMILES string of the molecule is CCN(C1CCC1)C1CCCC1CN. The molecule has 0 aromatic heterocycles. The summed E-state index contributed by atoms with van der Waals surface area (Å²) in [6.45, 7) is 4.43. The Hall–Kier alpha value is -0.0800. The van der Waals surface area contributed by atoms with Gasteiger partial charge in [0.15, 0.2) is 0 Å². The first-order valence-electron chi connectivity index (χ1n) is 6.32. The van der Waals surface area contributed by atoms with E-state index < -0.39 is 0 Å². The van der Waals surface area contributed by atoms with Crippen molar-refractivity contribution >= 4 is 0 Å². The quantitative estimate of drug-likeness (QED) is 0.745. The first kappa shape index (κ1) is 10.4. The molecule has 2 fully saturated rings. The molecular formula is C12H24N2.